The molecule has 10 nitrogen and oxygen atoms in total. The summed E-state index contributed by atoms with van der Waals surface area (Å²) in [5, 5.41) is 22.5. The van der Waals surface area contributed by atoms with Crippen molar-refractivity contribution in [3.05, 3.63) is 81.2 Å². The zero-order valence-electron chi connectivity index (χ0n) is 29.1. The summed E-state index contributed by atoms with van der Waals surface area (Å²) in [4.78, 5) is 34.8. The number of hydrogen-bond donors (Lipinski definition) is 2. The smallest absolute Gasteiger partial charge is 0.248 e. The van der Waals surface area contributed by atoms with Crippen LogP contribution < -0.4 is 10.1 Å². The molecular formula is C37H47BrN6O4S. The molecule has 262 valence electrons. The fourth-order valence-corrected chi connectivity index (χ4v) is 7.46. The number of nitrogens with zero attached hydrogens (tertiary/aromatic N) is 5. The fourth-order valence-electron chi connectivity index (χ4n) is 6.30. The number of halogens is 1. The number of aryl methyl sites for hydroxylation is 2. The van der Waals surface area contributed by atoms with E-state index in [0.29, 0.717) is 6.61 Å². The molecule has 49 heavy (non-hydrogen) atoms. The SMILES string of the molecule is Cc1ncsc1-c1ccc([C@H](C)NC(=O)[C@@H]2C[C@@H](O)CN2C(=O)[C@@H](n2cc(CCCCCOc3cccc(Br)c3C)nn2)C(C)(C)C)cc1. The van der Waals surface area contributed by atoms with Crippen LogP contribution in [0.15, 0.2) is 58.6 Å². The molecule has 2 aromatic heterocycles. The topological polar surface area (TPSA) is 122 Å². The van der Waals surface area contributed by atoms with Crippen molar-refractivity contribution in [2.24, 2.45) is 5.41 Å². The largest absolute Gasteiger partial charge is 0.493 e. The van der Waals surface area contributed by atoms with Crippen LogP contribution in [0.25, 0.3) is 10.4 Å². The number of β-amino-alcohol motifs (C(OH)–C–C–N with tert-alkyl or cyclic N) is 1. The number of aromatic nitrogens is 4. The monoisotopic (exact) mass is 750 g/mol. The number of unbranched alkanes of at least 4 members (excludes halogenated alkanes) is 2. The molecule has 4 aromatic rings. The van der Waals surface area contributed by atoms with E-state index in [0.717, 1.165) is 68.9 Å². The molecule has 2 amide bonds. The summed E-state index contributed by atoms with van der Waals surface area (Å²) in [5.41, 5.74) is 6.24. The van der Waals surface area contributed by atoms with E-state index < -0.39 is 23.6 Å². The maximum atomic E-state index is 14.2. The Balaban J connectivity index is 1.18. The summed E-state index contributed by atoms with van der Waals surface area (Å²) < 4.78 is 8.63. The Morgan fingerprint density at radius 3 is 2.57 bits per heavy atom. The molecule has 5 rings (SSSR count). The summed E-state index contributed by atoms with van der Waals surface area (Å²) in [6.45, 7) is 12.6. The van der Waals surface area contributed by atoms with Crippen LogP contribution in [0.5, 0.6) is 5.75 Å². The number of rotatable bonds is 13. The third-order valence-corrected chi connectivity index (χ3v) is 10.9. The van der Waals surface area contributed by atoms with E-state index in [2.05, 4.69) is 36.5 Å². The zero-order valence-corrected chi connectivity index (χ0v) is 31.6. The van der Waals surface area contributed by atoms with E-state index in [4.69, 9.17) is 4.74 Å². The second-order valence-corrected chi connectivity index (χ2v) is 15.7. The van der Waals surface area contributed by atoms with E-state index in [1.54, 1.807) is 16.0 Å². The lowest BCUT2D eigenvalue weighted by atomic mass is 9.85. The Morgan fingerprint density at radius 2 is 1.88 bits per heavy atom. The Hall–Kier alpha value is -3.61. The third-order valence-electron chi connectivity index (χ3n) is 9.07. The molecule has 0 saturated carbocycles. The second-order valence-electron chi connectivity index (χ2n) is 14.0. The van der Waals surface area contributed by atoms with Gasteiger partial charge in [-0.05, 0) is 75.1 Å². The van der Waals surface area contributed by atoms with Crippen molar-refractivity contribution in [1.29, 1.82) is 0 Å². The first-order valence-corrected chi connectivity index (χ1v) is 18.6. The molecule has 12 heteroatoms. The second kappa shape index (κ2) is 15.9. The van der Waals surface area contributed by atoms with Gasteiger partial charge < -0.3 is 20.1 Å². The first-order chi connectivity index (χ1) is 23.3. The van der Waals surface area contributed by atoms with Crippen molar-refractivity contribution in [3.8, 4) is 16.2 Å². The number of nitrogens with one attached hydrogen (secondary N) is 1. The molecule has 1 aliphatic heterocycles. The number of thiazole rings is 1. The number of aliphatic hydroxyl groups excluding tert-OH is 1. The van der Waals surface area contributed by atoms with Crippen LogP contribution in [-0.2, 0) is 16.0 Å². The number of aliphatic hydroxyl groups is 1. The maximum Gasteiger partial charge on any atom is 0.248 e. The maximum absolute atomic E-state index is 14.2. The molecule has 1 saturated heterocycles. The molecule has 3 heterocycles. The molecule has 2 aromatic carbocycles. The zero-order chi connectivity index (χ0) is 35.3. The van der Waals surface area contributed by atoms with Gasteiger partial charge in [0.15, 0.2) is 0 Å². The highest BCUT2D eigenvalue weighted by molar-refractivity contribution is 9.10. The van der Waals surface area contributed by atoms with E-state index in [-0.39, 0.29) is 30.8 Å². The van der Waals surface area contributed by atoms with Gasteiger partial charge in [0.2, 0.25) is 11.8 Å². The van der Waals surface area contributed by atoms with E-state index in [9.17, 15) is 14.7 Å². The van der Waals surface area contributed by atoms with Gasteiger partial charge in [0.05, 0.1) is 40.5 Å². The normalized spacial score (nSPS) is 17.6. The van der Waals surface area contributed by atoms with Gasteiger partial charge in [0, 0.05) is 29.2 Å². The van der Waals surface area contributed by atoms with Crippen LogP contribution in [0, 0.1) is 19.3 Å². The predicted molar refractivity (Wildman–Crippen MR) is 195 cm³/mol. The predicted octanol–water partition coefficient (Wildman–Crippen LogP) is 7.00. The van der Waals surface area contributed by atoms with Gasteiger partial charge in [-0.1, -0.05) is 72.2 Å². The summed E-state index contributed by atoms with van der Waals surface area (Å²) in [6.07, 6.45) is 4.77. The number of likely N-dealkylation sites (tertiary alicyclic amines) is 1. The minimum atomic E-state index is -0.792. The number of carbonyl (C=O) groups is 2. The molecule has 0 unspecified atom stereocenters. The first-order valence-electron chi connectivity index (χ1n) is 16.9. The average molecular weight is 752 g/mol. The summed E-state index contributed by atoms with van der Waals surface area (Å²) in [5.74, 6) is 0.353. The summed E-state index contributed by atoms with van der Waals surface area (Å²) in [6, 6.07) is 12.3. The fraction of sp³-hybridized carbons (Fsp3) is 0.486. The Kier molecular flexibility index (Phi) is 11.9. The summed E-state index contributed by atoms with van der Waals surface area (Å²) in [7, 11) is 0. The third kappa shape index (κ3) is 8.95. The van der Waals surface area contributed by atoms with Crippen molar-refractivity contribution >= 4 is 39.1 Å². The molecule has 0 aliphatic carbocycles. The molecule has 4 atom stereocenters. The first kappa shape index (κ1) is 36.7. The lowest BCUT2D eigenvalue weighted by Gasteiger charge is -2.34. The van der Waals surface area contributed by atoms with Gasteiger partial charge in [-0.25, -0.2) is 9.67 Å². The number of hydrogen-bond acceptors (Lipinski definition) is 8. The van der Waals surface area contributed by atoms with E-state index in [1.807, 2.05) is 95.7 Å². The van der Waals surface area contributed by atoms with Gasteiger partial charge >= 0.3 is 0 Å². The number of benzene rings is 2. The molecule has 0 bridgehead atoms. The summed E-state index contributed by atoms with van der Waals surface area (Å²) >= 11 is 5.14. The number of carbonyl (C=O) groups excluding carboxylic acids is 2. The molecule has 1 aliphatic rings. The van der Waals surface area contributed by atoms with Crippen molar-refractivity contribution in [3.63, 3.8) is 0 Å². The van der Waals surface area contributed by atoms with Gasteiger partial charge in [-0.3, -0.25) is 9.59 Å². The van der Waals surface area contributed by atoms with Crippen molar-refractivity contribution in [1.82, 2.24) is 30.2 Å². The van der Waals surface area contributed by atoms with Crippen molar-refractivity contribution in [2.45, 2.75) is 97.9 Å². The van der Waals surface area contributed by atoms with Crippen LogP contribution >= 0.6 is 27.3 Å². The van der Waals surface area contributed by atoms with Crippen LogP contribution in [0.4, 0.5) is 0 Å². The van der Waals surface area contributed by atoms with Gasteiger partial charge in [-0.2, -0.15) is 0 Å². The van der Waals surface area contributed by atoms with Crippen LogP contribution in [0.3, 0.4) is 0 Å². The van der Waals surface area contributed by atoms with Crippen molar-refractivity contribution in [2.75, 3.05) is 13.2 Å². The molecule has 0 spiro atoms. The van der Waals surface area contributed by atoms with Crippen LogP contribution in [0.2, 0.25) is 0 Å². The quantitative estimate of drug-likeness (QED) is 0.141. The van der Waals surface area contributed by atoms with Crippen molar-refractivity contribution < 1.29 is 19.4 Å². The molecular weight excluding hydrogens is 704 g/mol. The number of amides is 2. The highest BCUT2D eigenvalue weighted by atomic mass is 79.9. The van der Waals surface area contributed by atoms with Crippen LogP contribution in [0.1, 0.15) is 88.0 Å². The minimum Gasteiger partial charge on any atom is -0.493 e. The Labute approximate surface area is 301 Å². The number of ether oxygens (including phenoxy) is 1. The van der Waals surface area contributed by atoms with Gasteiger partial charge in [-0.15, -0.1) is 16.4 Å². The Morgan fingerprint density at radius 1 is 1.12 bits per heavy atom. The molecule has 2 N–H and O–H groups in total. The standard InChI is InChI=1S/C37H47BrN6O4S/c1-23-30(38)12-10-13-32(23)48-18-9-7-8-11-28-20-44(42-41-28)34(37(4,5)6)36(47)43-21-29(45)19-31(43)35(46)40-24(2)26-14-16-27(17-15-26)33-25(3)39-22-49-33/h10,12-17,20,22,24,29,31,34,45H,7-9,11,18-19,21H2,1-6H3,(H,40,46)/t24-,29+,31-,34+/m0/s1. The molecule has 1 fully saturated rings. The highest BCUT2D eigenvalue weighted by Crippen LogP contribution is 2.35. The minimum absolute atomic E-state index is 0.0872. The van der Waals surface area contributed by atoms with E-state index in [1.165, 1.54) is 4.90 Å². The van der Waals surface area contributed by atoms with E-state index >= 15 is 0 Å². The average Bonchev–Trinajstić information content (AvgIpc) is 3.80. The Bertz CT molecular complexity index is 1730. The lowest BCUT2D eigenvalue weighted by Crippen LogP contribution is -2.50. The van der Waals surface area contributed by atoms with Gasteiger partial charge in [0.1, 0.15) is 17.8 Å². The lowest BCUT2D eigenvalue weighted by molar-refractivity contribution is -0.144. The van der Waals surface area contributed by atoms with Gasteiger partial charge in [0.25, 0.3) is 0 Å². The molecule has 0 radical (unpaired) electrons. The van der Waals surface area contributed by atoms with Crippen LogP contribution in [-0.4, -0.2) is 67.1 Å². The highest BCUT2D eigenvalue weighted by Gasteiger charge is 2.45.